The molecule has 3 nitrogen and oxygen atoms in total. The van der Waals surface area contributed by atoms with Crippen molar-refractivity contribution in [3.8, 4) is 0 Å². The number of anilines is 2. The molecular weight excluding hydrogens is 269 g/mol. The van der Waals surface area contributed by atoms with Crippen LogP contribution in [0.1, 0.15) is 15.9 Å². The zero-order chi connectivity index (χ0) is 14.9. The molecule has 0 bridgehead atoms. The van der Waals surface area contributed by atoms with Crippen molar-refractivity contribution >= 4 is 17.3 Å². The summed E-state index contributed by atoms with van der Waals surface area (Å²) in [5.74, 6) is -4.28. The van der Waals surface area contributed by atoms with Gasteiger partial charge in [-0.1, -0.05) is 0 Å². The summed E-state index contributed by atoms with van der Waals surface area (Å²) < 4.78 is 39.2. The zero-order valence-corrected chi connectivity index (χ0v) is 10.5. The Morgan fingerprint density at radius 1 is 1.00 bits per heavy atom. The second-order valence-electron chi connectivity index (χ2n) is 4.33. The average molecular weight is 280 g/mol. The summed E-state index contributed by atoms with van der Waals surface area (Å²) >= 11 is 0. The van der Waals surface area contributed by atoms with Crippen molar-refractivity contribution in [2.24, 2.45) is 0 Å². The smallest absolute Gasteiger partial charge is 0.255 e. The lowest BCUT2D eigenvalue weighted by Crippen LogP contribution is -2.14. The van der Waals surface area contributed by atoms with E-state index in [1.165, 1.54) is 6.07 Å². The third kappa shape index (κ3) is 2.90. The van der Waals surface area contributed by atoms with Gasteiger partial charge < -0.3 is 11.1 Å². The number of rotatable bonds is 2. The van der Waals surface area contributed by atoms with Gasteiger partial charge in [0.15, 0.2) is 11.6 Å². The Balaban J connectivity index is 2.30. The normalized spacial score (nSPS) is 10.4. The van der Waals surface area contributed by atoms with Gasteiger partial charge in [0.25, 0.3) is 5.91 Å². The highest BCUT2D eigenvalue weighted by Gasteiger charge is 2.14. The molecule has 6 heteroatoms. The maximum atomic E-state index is 13.4. The first-order chi connectivity index (χ1) is 9.36. The van der Waals surface area contributed by atoms with Crippen molar-refractivity contribution in [3.63, 3.8) is 0 Å². The van der Waals surface area contributed by atoms with E-state index < -0.39 is 29.0 Å². The largest absolute Gasteiger partial charge is 0.399 e. The third-order valence-electron chi connectivity index (χ3n) is 2.62. The summed E-state index contributed by atoms with van der Waals surface area (Å²) in [6.45, 7) is 1.74. The Labute approximate surface area is 113 Å². The van der Waals surface area contributed by atoms with Gasteiger partial charge in [0.1, 0.15) is 5.82 Å². The highest BCUT2D eigenvalue weighted by Crippen LogP contribution is 2.20. The molecule has 2 aromatic carbocycles. The summed E-state index contributed by atoms with van der Waals surface area (Å²) in [6.07, 6.45) is 0. The predicted molar refractivity (Wildman–Crippen MR) is 69.9 cm³/mol. The number of nitrogens with one attached hydrogen (secondary N) is 1. The lowest BCUT2D eigenvalue weighted by Gasteiger charge is -2.08. The van der Waals surface area contributed by atoms with Crippen molar-refractivity contribution in [1.82, 2.24) is 0 Å². The predicted octanol–water partition coefficient (Wildman–Crippen LogP) is 3.25. The Morgan fingerprint density at radius 3 is 2.30 bits per heavy atom. The van der Waals surface area contributed by atoms with Crippen molar-refractivity contribution in [3.05, 3.63) is 58.9 Å². The quantitative estimate of drug-likeness (QED) is 0.655. The van der Waals surface area contributed by atoms with E-state index in [9.17, 15) is 18.0 Å². The molecule has 104 valence electrons. The third-order valence-corrected chi connectivity index (χ3v) is 2.62. The van der Waals surface area contributed by atoms with Crippen LogP contribution in [0.25, 0.3) is 0 Å². The van der Waals surface area contributed by atoms with Gasteiger partial charge >= 0.3 is 0 Å². The Morgan fingerprint density at radius 2 is 1.65 bits per heavy atom. The van der Waals surface area contributed by atoms with E-state index >= 15 is 0 Å². The Bertz CT molecular complexity index is 666. The first-order valence-corrected chi connectivity index (χ1v) is 5.70. The summed E-state index contributed by atoms with van der Waals surface area (Å²) in [4.78, 5) is 11.9. The van der Waals surface area contributed by atoms with E-state index in [0.29, 0.717) is 17.8 Å². The van der Waals surface area contributed by atoms with Gasteiger partial charge in [0, 0.05) is 23.4 Å². The van der Waals surface area contributed by atoms with Gasteiger partial charge in [-0.3, -0.25) is 4.79 Å². The molecule has 0 aromatic heterocycles. The lowest BCUT2D eigenvalue weighted by molar-refractivity contribution is 0.102. The van der Waals surface area contributed by atoms with Gasteiger partial charge in [-0.2, -0.15) is 0 Å². The van der Waals surface area contributed by atoms with Crippen LogP contribution in [-0.2, 0) is 0 Å². The standard InChI is InChI=1S/C14H11F3N2O/c1-7-2-8(4-9(18)3-7)14(20)19-13-6-11(16)10(15)5-12(13)17/h2-6H,18H2,1H3,(H,19,20). The first-order valence-electron chi connectivity index (χ1n) is 5.70. The number of benzene rings is 2. The van der Waals surface area contributed by atoms with Crippen LogP contribution < -0.4 is 11.1 Å². The van der Waals surface area contributed by atoms with Crippen LogP contribution in [0, 0.1) is 24.4 Å². The molecule has 0 saturated heterocycles. The zero-order valence-electron chi connectivity index (χ0n) is 10.5. The number of carbonyl (C=O) groups excluding carboxylic acids is 1. The highest BCUT2D eigenvalue weighted by molar-refractivity contribution is 6.05. The summed E-state index contributed by atoms with van der Waals surface area (Å²) in [5, 5.41) is 2.17. The van der Waals surface area contributed by atoms with E-state index in [1.54, 1.807) is 19.1 Å². The minimum absolute atomic E-state index is 0.201. The second-order valence-corrected chi connectivity index (χ2v) is 4.33. The SMILES string of the molecule is Cc1cc(N)cc(C(=O)Nc2cc(F)c(F)cc2F)c1. The van der Waals surface area contributed by atoms with Crippen LogP contribution in [0.15, 0.2) is 30.3 Å². The van der Waals surface area contributed by atoms with E-state index in [1.807, 2.05) is 0 Å². The van der Waals surface area contributed by atoms with Gasteiger partial charge in [0.05, 0.1) is 5.69 Å². The fourth-order valence-corrected chi connectivity index (χ4v) is 1.76. The number of amides is 1. The molecule has 0 unspecified atom stereocenters. The summed E-state index contributed by atoms with van der Waals surface area (Å²) in [5.41, 5.74) is 6.49. The second kappa shape index (κ2) is 5.24. The van der Waals surface area contributed by atoms with Gasteiger partial charge in [0.2, 0.25) is 0 Å². The van der Waals surface area contributed by atoms with Crippen LogP contribution in [0.2, 0.25) is 0 Å². The minimum atomic E-state index is -1.32. The molecule has 3 N–H and O–H groups in total. The van der Waals surface area contributed by atoms with Crippen molar-refractivity contribution in [2.75, 3.05) is 11.1 Å². The van der Waals surface area contributed by atoms with Gasteiger partial charge in [-0.25, -0.2) is 13.2 Å². The topological polar surface area (TPSA) is 55.1 Å². The maximum Gasteiger partial charge on any atom is 0.255 e. The summed E-state index contributed by atoms with van der Waals surface area (Å²) in [7, 11) is 0. The van der Waals surface area contributed by atoms with Crippen LogP contribution in [0.3, 0.4) is 0 Å². The number of nitrogen functional groups attached to an aromatic ring is 1. The van der Waals surface area contributed by atoms with Crippen LogP contribution in [0.5, 0.6) is 0 Å². The molecule has 0 fully saturated rings. The molecule has 20 heavy (non-hydrogen) atoms. The number of carbonyl (C=O) groups is 1. The van der Waals surface area contributed by atoms with Gasteiger partial charge in [-0.15, -0.1) is 0 Å². The molecule has 2 rings (SSSR count). The molecular formula is C14H11F3N2O. The average Bonchev–Trinajstić information content (AvgIpc) is 2.34. The van der Waals surface area contributed by atoms with Crippen LogP contribution in [-0.4, -0.2) is 5.91 Å². The highest BCUT2D eigenvalue weighted by atomic mass is 19.2. The monoisotopic (exact) mass is 280 g/mol. The van der Waals surface area contributed by atoms with E-state index in [-0.39, 0.29) is 5.56 Å². The number of hydrogen-bond acceptors (Lipinski definition) is 2. The number of halogens is 3. The van der Waals surface area contributed by atoms with E-state index in [4.69, 9.17) is 5.73 Å². The molecule has 1 amide bonds. The molecule has 0 radical (unpaired) electrons. The number of nitrogens with two attached hydrogens (primary N) is 1. The van der Waals surface area contributed by atoms with E-state index in [2.05, 4.69) is 5.32 Å². The molecule has 0 atom stereocenters. The number of aryl methyl sites for hydroxylation is 1. The van der Waals surface area contributed by atoms with Crippen molar-refractivity contribution in [1.29, 1.82) is 0 Å². The van der Waals surface area contributed by atoms with Crippen molar-refractivity contribution in [2.45, 2.75) is 6.92 Å². The molecule has 0 heterocycles. The molecule has 0 aliphatic heterocycles. The Kier molecular flexibility index (Phi) is 3.65. The fourth-order valence-electron chi connectivity index (χ4n) is 1.76. The molecule has 0 spiro atoms. The van der Waals surface area contributed by atoms with Gasteiger partial charge in [-0.05, 0) is 30.7 Å². The summed E-state index contributed by atoms with van der Waals surface area (Å²) in [6, 6.07) is 5.57. The Hall–Kier alpha value is -2.50. The molecule has 0 aliphatic rings. The molecule has 2 aromatic rings. The first kappa shape index (κ1) is 13.9. The van der Waals surface area contributed by atoms with Crippen LogP contribution in [0.4, 0.5) is 24.5 Å². The molecule has 0 saturated carbocycles. The lowest BCUT2D eigenvalue weighted by atomic mass is 10.1. The van der Waals surface area contributed by atoms with Crippen LogP contribution >= 0.6 is 0 Å². The fraction of sp³-hybridized carbons (Fsp3) is 0.0714. The van der Waals surface area contributed by atoms with E-state index in [0.717, 1.165) is 5.56 Å². The van der Waals surface area contributed by atoms with Crippen molar-refractivity contribution < 1.29 is 18.0 Å². The minimum Gasteiger partial charge on any atom is -0.399 e. The molecule has 0 aliphatic carbocycles. The number of hydrogen-bond donors (Lipinski definition) is 2. The maximum absolute atomic E-state index is 13.4.